The van der Waals surface area contributed by atoms with Gasteiger partial charge in [-0.1, -0.05) is 0 Å². The number of rotatable bonds is 4. The fraction of sp³-hybridized carbons (Fsp3) is 0.167. The van der Waals surface area contributed by atoms with Gasteiger partial charge in [0.1, 0.15) is 12.3 Å². The number of halogens is 3. The van der Waals surface area contributed by atoms with Crippen molar-refractivity contribution in [1.82, 2.24) is 9.78 Å². The number of hydrogen-bond acceptors (Lipinski definition) is 5. The number of primary sulfonamides is 1. The summed E-state index contributed by atoms with van der Waals surface area (Å²) in [5, 5.41) is 9.06. The van der Waals surface area contributed by atoms with Crippen LogP contribution in [0.4, 0.5) is 13.2 Å². The molecule has 3 aromatic rings. The molecule has 0 fully saturated rings. The Hall–Kier alpha value is -3.05. The van der Waals surface area contributed by atoms with Crippen molar-refractivity contribution in [1.29, 1.82) is 0 Å². The van der Waals surface area contributed by atoms with E-state index in [1.54, 1.807) is 0 Å². The summed E-state index contributed by atoms with van der Waals surface area (Å²) in [6.07, 6.45) is -2.89. The summed E-state index contributed by atoms with van der Waals surface area (Å²) >= 11 is 0. The summed E-state index contributed by atoms with van der Waals surface area (Å²) in [4.78, 5) is -0.143. The highest BCUT2D eigenvalue weighted by molar-refractivity contribution is 7.89. The molecule has 0 radical (unpaired) electrons. The molecule has 1 aliphatic heterocycles. The fourth-order valence-electron chi connectivity index (χ4n) is 3.19. The second-order valence-corrected chi connectivity index (χ2v) is 7.77. The van der Waals surface area contributed by atoms with Crippen molar-refractivity contribution in [2.24, 2.45) is 5.14 Å². The van der Waals surface area contributed by atoms with E-state index in [4.69, 9.17) is 14.6 Å². The average molecular weight is 425 g/mol. The number of sulfonamides is 1. The number of methoxy groups -OCH3 is 1. The van der Waals surface area contributed by atoms with E-state index in [1.807, 2.05) is 0 Å². The first-order valence-corrected chi connectivity index (χ1v) is 9.80. The van der Waals surface area contributed by atoms with Gasteiger partial charge in [-0.15, -0.1) is 0 Å². The maximum atomic E-state index is 14.6. The quantitative estimate of drug-likeness (QED) is 0.693. The highest BCUT2D eigenvalue weighted by Gasteiger charge is 2.33. The van der Waals surface area contributed by atoms with Crippen LogP contribution >= 0.6 is 0 Å². The summed E-state index contributed by atoms with van der Waals surface area (Å²) < 4.78 is 76.2. The number of nitrogens with zero attached hydrogens (tertiary/aromatic N) is 2. The Bertz CT molecular complexity index is 1210. The highest BCUT2D eigenvalue weighted by atomic mass is 32.2. The van der Waals surface area contributed by atoms with E-state index < -0.39 is 28.0 Å². The average Bonchev–Trinajstić information content (AvgIpc) is 3.08. The van der Waals surface area contributed by atoms with Gasteiger partial charge in [0.15, 0.2) is 11.5 Å². The third-order valence-electron chi connectivity index (χ3n) is 4.53. The molecule has 0 bridgehead atoms. The van der Waals surface area contributed by atoms with Crippen LogP contribution in [0.3, 0.4) is 0 Å². The van der Waals surface area contributed by atoms with Gasteiger partial charge in [0.25, 0.3) is 6.43 Å². The number of benzene rings is 2. The lowest BCUT2D eigenvalue weighted by Gasteiger charge is -2.21. The minimum atomic E-state index is -3.92. The van der Waals surface area contributed by atoms with E-state index in [0.29, 0.717) is 5.69 Å². The number of hydrogen-bond donors (Lipinski definition) is 1. The molecule has 7 nitrogen and oxygen atoms in total. The zero-order valence-corrected chi connectivity index (χ0v) is 15.7. The molecule has 1 aliphatic rings. The number of fused-ring (bicyclic) bond motifs is 3. The number of nitrogens with two attached hydrogens (primary N) is 1. The Morgan fingerprint density at radius 3 is 2.48 bits per heavy atom. The second kappa shape index (κ2) is 6.78. The second-order valence-electron chi connectivity index (χ2n) is 6.21. The molecule has 0 saturated carbocycles. The Balaban J connectivity index is 1.95. The predicted molar refractivity (Wildman–Crippen MR) is 96.2 cm³/mol. The van der Waals surface area contributed by atoms with Crippen LogP contribution < -0.4 is 14.6 Å². The van der Waals surface area contributed by atoms with Gasteiger partial charge in [0, 0.05) is 11.1 Å². The molecule has 0 saturated heterocycles. The van der Waals surface area contributed by atoms with Crippen molar-refractivity contribution in [2.45, 2.75) is 17.9 Å². The van der Waals surface area contributed by atoms with Crippen LogP contribution in [0.5, 0.6) is 11.5 Å². The molecule has 0 amide bonds. The zero-order chi connectivity index (χ0) is 20.9. The topological polar surface area (TPSA) is 96.4 Å². The lowest BCUT2D eigenvalue weighted by molar-refractivity contribution is 0.142. The summed E-state index contributed by atoms with van der Waals surface area (Å²) in [6.45, 7) is -0.304. The van der Waals surface area contributed by atoms with Crippen LogP contribution in [0.1, 0.15) is 17.7 Å². The van der Waals surface area contributed by atoms with E-state index in [9.17, 15) is 21.6 Å². The van der Waals surface area contributed by atoms with Gasteiger partial charge in [0.2, 0.25) is 15.8 Å². The van der Waals surface area contributed by atoms with E-state index in [2.05, 4.69) is 5.10 Å². The smallest absolute Gasteiger partial charge is 0.282 e. The highest BCUT2D eigenvalue weighted by Crippen LogP contribution is 2.45. The number of ether oxygens (including phenoxy) is 2. The Kier molecular flexibility index (Phi) is 4.50. The van der Waals surface area contributed by atoms with Gasteiger partial charge in [-0.05, 0) is 36.4 Å². The maximum Gasteiger partial charge on any atom is 0.282 e. The Morgan fingerprint density at radius 1 is 1.21 bits per heavy atom. The van der Waals surface area contributed by atoms with Gasteiger partial charge in [0.05, 0.1) is 23.4 Å². The van der Waals surface area contributed by atoms with Crippen LogP contribution in [0.25, 0.3) is 16.9 Å². The number of alkyl halides is 2. The number of aromatic nitrogens is 2. The van der Waals surface area contributed by atoms with Gasteiger partial charge < -0.3 is 9.47 Å². The summed E-state index contributed by atoms with van der Waals surface area (Å²) in [6, 6.07) is 8.05. The first-order chi connectivity index (χ1) is 13.7. The summed E-state index contributed by atoms with van der Waals surface area (Å²) in [5.74, 6) is -0.948. The molecule has 152 valence electrons. The normalized spacial score (nSPS) is 13.0. The van der Waals surface area contributed by atoms with Gasteiger partial charge in [-0.2, -0.15) is 9.49 Å². The summed E-state index contributed by atoms with van der Waals surface area (Å²) in [7, 11) is -2.63. The van der Waals surface area contributed by atoms with Crippen molar-refractivity contribution in [3.8, 4) is 28.4 Å². The SMILES string of the molecule is COc1ccc2c(c1F)OCc1c(C(F)F)nn(-c3ccc(S(N)(=O)=O)cc3)c1-2. The third kappa shape index (κ3) is 3.12. The summed E-state index contributed by atoms with van der Waals surface area (Å²) in [5.41, 5.74) is 0.362. The van der Waals surface area contributed by atoms with Crippen LogP contribution in [0, 0.1) is 5.82 Å². The molecule has 2 heterocycles. The fourth-order valence-corrected chi connectivity index (χ4v) is 3.71. The third-order valence-corrected chi connectivity index (χ3v) is 5.46. The zero-order valence-electron chi connectivity index (χ0n) is 14.9. The maximum absolute atomic E-state index is 14.6. The van der Waals surface area contributed by atoms with E-state index >= 15 is 0 Å². The molecular formula is C18H14F3N3O4S. The Morgan fingerprint density at radius 2 is 1.90 bits per heavy atom. The molecule has 11 heteroatoms. The molecular weight excluding hydrogens is 411 g/mol. The van der Waals surface area contributed by atoms with Crippen molar-refractivity contribution in [3.63, 3.8) is 0 Å². The van der Waals surface area contributed by atoms with Crippen molar-refractivity contribution < 1.29 is 31.1 Å². The van der Waals surface area contributed by atoms with Crippen LogP contribution in [0.2, 0.25) is 0 Å². The molecule has 2 N–H and O–H groups in total. The van der Waals surface area contributed by atoms with Crippen LogP contribution in [-0.2, 0) is 16.6 Å². The molecule has 0 aliphatic carbocycles. The van der Waals surface area contributed by atoms with Gasteiger partial charge >= 0.3 is 0 Å². The van der Waals surface area contributed by atoms with Crippen molar-refractivity contribution in [2.75, 3.05) is 7.11 Å². The van der Waals surface area contributed by atoms with E-state index in [1.165, 1.54) is 48.2 Å². The molecule has 4 rings (SSSR count). The molecule has 0 atom stereocenters. The molecule has 2 aromatic carbocycles. The molecule has 0 spiro atoms. The largest absolute Gasteiger partial charge is 0.494 e. The van der Waals surface area contributed by atoms with E-state index in [0.717, 1.165) is 0 Å². The van der Waals surface area contributed by atoms with Gasteiger partial charge in [-0.3, -0.25) is 0 Å². The first kappa shape index (κ1) is 19.3. The van der Waals surface area contributed by atoms with Gasteiger partial charge in [-0.25, -0.2) is 27.0 Å². The lowest BCUT2D eigenvalue weighted by Crippen LogP contribution is -2.12. The van der Waals surface area contributed by atoms with E-state index in [-0.39, 0.29) is 39.8 Å². The first-order valence-electron chi connectivity index (χ1n) is 8.25. The monoisotopic (exact) mass is 425 g/mol. The lowest BCUT2D eigenvalue weighted by atomic mass is 10.0. The van der Waals surface area contributed by atoms with Crippen LogP contribution in [0.15, 0.2) is 41.3 Å². The van der Waals surface area contributed by atoms with Crippen LogP contribution in [-0.4, -0.2) is 25.3 Å². The molecule has 1 aromatic heterocycles. The molecule has 0 unspecified atom stereocenters. The Labute approximate surface area is 163 Å². The van der Waals surface area contributed by atoms with Crippen molar-refractivity contribution >= 4 is 10.0 Å². The molecule has 29 heavy (non-hydrogen) atoms. The predicted octanol–water partition coefficient (Wildman–Crippen LogP) is 3.16. The van der Waals surface area contributed by atoms with Crippen molar-refractivity contribution in [3.05, 3.63) is 53.5 Å². The standard InChI is InChI=1S/C18H14F3N3O4S/c1-27-13-7-6-11-16-12(8-28-17(11)14(13)19)15(18(20)21)23-24(16)9-2-4-10(5-3-9)29(22,25)26/h2-7,18H,8H2,1H3,(H2,22,25,26). The minimum absolute atomic E-state index is 0.0511. The minimum Gasteiger partial charge on any atom is -0.494 e.